The molecule has 1 nitrogen and oxygen atoms in total. The lowest BCUT2D eigenvalue weighted by Crippen LogP contribution is -1.86. The van der Waals surface area contributed by atoms with Crippen LogP contribution in [0.25, 0.3) is 0 Å². The third-order valence-corrected chi connectivity index (χ3v) is 3.39. The van der Waals surface area contributed by atoms with Gasteiger partial charge in [0.25, 0.3) is 0 Å². The van der Waals surface area contributed by atoms with Crippen LogP contribution in [-0.2, 0) is 0 Å². The van der Waals surface area contributed by atoms with Crippen LogP contribution in [0.4, 0.5) is 0 Å². The van der Waals surface area contributed by atoms with Crippen LogP contribution in [0.15, 0.2) is 29.2 Å². The average molecular weight is 245 g/mol. The molecule has 0 atom stereocenters. The van der Waals surface area contributed by atoms with E-state index >= 15 is 0 Å². The van der Waals surface area contributed by atoms with Crippen molar-refractivity contribution in [2.45, 2.75) is 4.90 Å². The van der Waals surface area contributed by atoms with Gasteiger partial charge < -0.3 is 0 Å². The van der Waals surface area contributed by atoms with Gasteiger partial charge in [0.1, 0.15) is 0 Å². The number of aldehydes is 1. The van der Waals surface area contributed by atoms with Crippen molar-refractivity contribution in [3.63, 3.8) is 0 Å². The Labute approximate surface area is 84.7 Å². The molecule has 0 heterocycles. The van der Waals surface area contributed by atoms with Crippen molar-refractivity contribution in [2.75, 3.05) is 11.1 Å². The Morgan fingerprint density at radius 1 is 1.42 bits per heavy atom. The maximum Gasteiger partial charge on any atom is 0.151 e. The molecule has 0 saturated carbocycles. The molecule has 0 N–H and O–H groups in total. The molecule has 0 spiro atoms. The second-order valence-electron chi connectivity index (χ2n) is 2.19. The Balaban J connectivity index is 2.75. The Morgan fingerprint density at radius 2 is 2.17 bits per heavy atom. The van der Waals surface area contributed by atoms with E-state index < -0.39 is 0 Å². The summed E-state index contributed by atoms with van der Waals surface area (Å²) in [6, 6.07) is 7.63. The van der Waals surface area contributed by atoms with E-state index in [9.17, 15) is 4.79 Å². The Kier molecular flexibility index (Phi) is 4.40. The quantitative estimate of drug-likeness (QED) is 0.461. The van der Waals surface area contributed by atoms with Crippen molar-refractivity contribution in [3.8, 4) is 0 Å². The topological polar surface area (TPSA) is 17.1 Å². The van der Waals surface area contributed by atoms with Gasteiger partial charge in [-0.3, -0.25) is 4.79 Å². The first kappa shape index (κ1) is 9.81. The number of thioether (sulfide) groups is 1. The predicted octanol–water partition coefficient (Wildman–Crippen LogP) is 2.99. The average Bonchev–Trinajstić information content (AvgIpc) is 2.15. The van der Waals surface area contributed by atoms with Crippen molar-refractivity contribution in [1.82, 2.24) is 0 Å². The highest BCUT2D eigenvalue weighted by Crippen LogP contribution is 2.21. The van der Waals surface area contributed by atoms with Crippen molar-refractivity contribution in [3.05, 3.63) is 29.8 Å². The van der Waals surface area contributed by atoms with Crippen LogP contribution in [0.1, 0.15) is 10.4 Å². The fraction of sp³-hybridized carbons (Fsp3) is 0.222. The molecule has 1 aromatic rings. The molecule has 12 heavy (non-hydrogen) atoms. The van der Waals surface area contributed by atoms with E-state index in [1.54, 1.807) is 11.8 Å². The molecule has 0 unspecified atom stereocenters. The zero-order valence-electron chi connectivity index (χ0n) is 6.50. The highest BCUT2D eigenvalue weighted by Gasteiger charge is 1.98. The molecule has 0 radical (unpaired) electrons. The molecule has 0 aliphatic carbocycles. The van der Waals surface area contributed by atoms with E-state index in [0.717, 1.165) is 27.8 Å². The second-order valence-corrected chi connectivity index (χ2v) is 4.12. The van der Waals surface area contributed by atoms with Gasteiger partial charge in [-0.15, -0.1) is 11.8 Å². The number of hydrogen-bond acceptors (Lipinski definition) is 2. The zero-order chi connectivity index (χ0) is 8.81. The molecule has 0 bridgehead atoms. The van der Waals surface area contributed by atoms with Gasteiger partial charge in [0.05, 0.1) is 0 Å². The van der Waals surface area contributed by atoms with Gasteiger partial charge in [0.2, 0.25) is 0 Å². The minimum atomic E-state index is 0.781. The van der Waals surface area contributed by atoms with Crippen molar-refractivity contribution >= 4 is 34.0 Å². The van der Waals surface area contributed by atoms with E-state index in [0.29, 0.717) is 0 Å². The summed E-state index contributed by atoms with van der Waals surface area (Å²) in [4.78, 5) is 11.6. The molecular weight excluding hydrogens is 236 g/mol. The molecule has 1 rings (SSSR count). The first-order chi connectivity index (χ1) is 5.88. The molecule has 0 saturated heterocycles. The number of carbonyl (C=O) groups excluding carboxylic acids is 1. The number of benzene rings is 1. The first-order valence-corrected chi connectivity index (χ1v) is 5.72. The SMILES string of the molecule is O=Cc1ccccc1SCCBr. The van der Waals surface area contributed by atoms with E-state index in [1.165, 1.54) is 0 Å². The van der Waals surface area contributed by atoms with Gasteiger partial charge in [0, 0.05) is 21.5 Å². The fourth-order valence-corrected chi connectivity index (χ4v) is 2.10. The van der Waals surface area contributed by atoms with Gasteiger partial charge in [-0.2, -0.15) is 0 Å². The maximum atomic E-state index is 10.6. The van der Waals surface area contributed by atoms with Gasteiger partial charge >= 0.3 is 0 Å². The summed E-state index contributed by atoms with van der Waals surface area (Å²) in [5.41, 5.74) is 0.781. The van der Waals surface area contributed by atoms with Crippen LogP contribution in [-0.4, -0.2) is 17.4 Å². The predicted molar refractivity (Wildman–Crippen MR) is 56.3 cm³/mol. The molecular formula is C9H9BrOS. The first-order valence-electron chi connectivity index (χ1n) is 3.61. The van der Waals surface area contributed by atoms with E-state index in [4.69, 9.17) is 0 Å². The lowest BCUT2D eigenvalue weighted by atomic mass is 10.2. The number of rotatable bonds is 4. The molecule has 0 amide bonds. The van der Waals surface area contributed by atoms with E-state index in [1.807, 2.05) is 24.3 Å². The van der Waals surface area contributed by atoms with Crippen molar-refractivity contribution in [2.24, 2.45) is 0 Å². The lowest BCUT2D eigenvalue weighted by molar-refractivity contribution is 0.112. The summed E-state index contributed by atoms with van der Waals surface area (Å²) in [6.45, 7) is 0. The van der Waals surface area contributed by atoms with Crippen LogP contribution in [0.3, 0.4) is 0 Å². The smallest absolute Gasteiger partial charge is 0.151 e. The van der Waals surface area contributed by atoms with Gasteiger partial charge in [-0.1, -0.05) is 34.1 Å². The highest BCUT2D eigenvalue weighted by molar-refractivity contribution is 9.09. The Bertz CT molecular complexity index is 262. The van der Waals surface area contributed by atoms with Crippen molar-refractivity contribution < 1.29 is 4.79 Å². The molecule has 3 heteroatoms. The maximum absolute atomic E-state index is 10.6. The van der Waals surface area contributed by atoms with E-state index in [-0.39, 0.29) is 0 Å². The summed E-state index contributed by atoms with van der Waals surface area (Å²) < 4.78 is 0. The normalized spacial score (nSPS) is 9.75. The van der Waals surface area contributed by atoms with Crippen LogP contribution in [0, 0.1) is 0 Å². The monoisotopic (exact) mass is 244 g/mol. The minimum Gasteiger partial charge on any atom is -0.298 e. The summed E-state index contributed by atoms with van der Waals surface area (Å²) in [6.07, 6.45) is 0.899. The molecule has 64 valence electrons. The summed E-state index contributed by atoms with van der Waals surface area (Å²) >= 11 is 5.04. The third kappa shape index (κ3) is 2.64. The number of alkyl halides is 1. The van der Waals surface area contributed by atoms with Crippen LogP contribution >= 0.6 is 27.7 Å². The number of carbonyl (C=O) groups is 1. The van der Waals surface area contributed by atoms with Gasteiger partial charge in [-0.25, -0.2) is 0 Å². The zero-order valence-corrected chi connectivity index (χ0v) is 8.90. The van der Waals surface area contributed by atoms with Gasteiger partial charge in [-0.05, 0) is 6.07 Å². The number of halogens is 1. The summed E-state index contributed by atoms with van der Waals surface area (Å²) in [7, 11) is 0. The third-order valence-electron chi connectivity index (χ3n) is 1.38. The molecule has 0 fully saturated rings. The standard InChI is InChI=1S/C9H9BrOS/c10-5-6-12-9-4-2-1-3-8(9)7-11/h1-4,7H,5-6H2. The van der Waals surface area contributed by atoms with Gasteiger partial charge in [0.15, 0.2) is 6.29 Å². The van der Waals surface area contributed by atoms with Crippen LogP contribution < -0.4 is 0 Å². The molecule has 0 aliphatic heterocycles. The Morgan fingerprint density at radius 3 is 2.83 bits per heavy atom. The summed E-state index contributed by atoms with van der Waals surface area (Å²) in [5, 5.41) is 0.949. The molecule has 0 aliphatic rings. The van der Waals surface area contributed by atoms with Crippen LogP contribution in [0.5, 0.6) is 0 Å². The summed E-state index contributed by atoms with van der Waals surface area (Å²) in [5.74, 6) is 0.991. The van der Waals surface area contributed by atoms with E-state index in [2.05, 4.69) is 15.9 Å². The number of hydrogen-bond donors (Lipinski definition) is 0. The van der Waals surface area contributed by atoms with Crippen molar-refractivity contribution in [1.29, 1.82) is 0 Å². The highest BCUT2D eigenvalue weighted by atomic mass is 79.9. The molecule has 0 aromatic heterocycles. The largest absolute Gasteiger partial charge is 0.298 e. The fourth-order valence-electron chi connectivity index (χ4n) is 0.858. The lowest BCUT2D eigenvalue weighted by Gasteiger charge is -2.01. The van der Waals surface area contributed by atoms with Crippen LogP contribution in [0.2, 0.25) is 0 Å². The molecule has 1 aromatic carbocycles. The minimum absolute atomic E-state index is 0.781. The second kappa shape index (κ2) is 5.38. The Hall–Kier alpha value is -0.280.